The number of benzene rings is 1. The first-order valence-electron chi connectivity index (χ1n) is 8.54. The second-order valence-corrected chi connectivity index (χ2v) is 13.7. The fraction of sp³-hybridized carbons (Fsp3) is 0.632. The van der Waals surface area contributed by atoms with Crippen LogP contribution in [-0.2, 0) is 15.6 Å². The summed E-state index contributed by atoms with van der Waals surface area (Å²) in [5, 5.41) is -0.0303. The minimum absolute atomic E-state index is 0.0303. The van der Waals surface area contributed by atoms with Crippen molar-refractivity contribution in [2.24, 2.45) is 5.73 Å². The minimum Gasteiger partial charge on any atom is -0.517 e. The topological polar surface area (TPSA) is 52.3 Å². The summed E-state index contributed by atoms with van der Waals surface area (Å²) >= 11 is 0. The summed E-state index contributed by atoms with van der Waals surface area (Å²) in [7, 11) is -2.32. The first kappa shape index (κ1) is 19.9. The van der Waals surface area contributed by atoms with Crippen molar-refractivity contribution in [3.63, 3.8) is 0 Å². The van der Waals surface area contributed by atoms with Gasteiger partial charge in [-0.1, -0.05) is 78.8 Å². The Morgan fingerprint density at radius 3 is 1.96 bits per heavy atom. The zero-order valence-electron chi connectivity index (χ0n) is 15.7. The van der Waals surface area contributed by atoms with Gasteiger partial charge >= 0.3 is 5.97 Å². The highest BCUT2D eigenvalue weighted by molar-refractivity contribution is 6.80. The Hall–Kier alpha value is -1.13. The number of hydrogen-bond donors (Lipinski definition) is 1. The molecule has 1 rings (SSSR count). The number of nitrogens with two attached hydrogens (primary N) is 1. The van der Waals surface area contributed by atoms with E-state index in [1.54, 1.807) is 0 Å². The van der Waals surface area contributed by atoms with Crippen LogP contribution in [0, 0.1) is 0 Å². The molecule has 130 valence electrons. The van der Waals surface area contributed by atoms with Gasteiger partial charge in [-0.15, -0.1) is 0 Å². The van der Waals surface area contributed by atoms with Crippen molar-refractivity contribution in [1.29, 1.82) is 0 Å². The van der Waals surface area contributed by atoms with Gasteiger partial charge in [-0.25, -0.2) is 0 Å². The molecular formula is C19H33NO2Si. The van der Waals surface area contributed by atoms with E-state index in [0.717, 1.165) is 5.56 Å². The predicted molar refractivity (Wildman–Crippen MR) is 99.9 cm³/mol. The van der Waals surface area contributed by atoms with Gasteiger partial charge in [-0.3, -0.25) is 4.79 Å². The molecule has 2 N–H and O–H groups in total. The molecule has 0 saturated carbocycles. The van der Waals surface area contributed by atoms with E-state index in [4.69, 9.17) is 10.2 Å². The van der Waals surface area contributed by atoms with Crippen LogP contribution in [0.3, 0.4) is 0 Å². The van der Waals surface area contributed by atoms with Crippen molar-refractivity contribution < 1.29 is 9.22 Å². The summed E-state index contributed by atoms with van der Waals surface area (Å²) in [4.78, 5) is 12.7. The molecule has 1 aromatic rings. The maximum atomic E-state index is 12.7. The third kappa shape index (κ3) is 4.45. The Morgan fingerprint density at radius 1 is 1.09 bits per heavy atom. The Balaban J connectivity index is 2.97. The average Bonchev–Trinajstić information content (AvgIpc) is 2.43. The first-order valence-corrected chi connectivity index (χ1v) is 10.6. The van der Waals surface area contributed by atoms with Crippen LogP contribution in [0.5, 0.6) is 0 Å². The van der Waals surface area contributed by atoms with E-state index in [9.17, 15) is 4.79 Å². The molecule has 0 saturated heterocycles. The molecule has 0 unspecified atom stereocenters. The Kier molecular flexibility index (Phi) is 6.60. The van der Waals surface area contributed by atoms with Gasteiger partial charge in [0.25, 0.3) is 8.32 Å². The molecule has 0 spiro atoms. The van der Waals surface area contributed by atoms with E-state index in [2.05, 4.69) is 48.5 Å². The summed E-state index contributed by atoms with van der Waals surface area (Å²) in [5.74, 6) is -0.252. The van der Waals surface area contributed by atoms with Crippen LogP contribution in [0.2, 0.25) is 16.1 Å². The highest BCUT2D eigenvalue weighted by atomic mass is 28.4. The Labute approximate surface area is 142 Å². The van der Waals surface area contributed by atoms with Crippen LogP contribution in [0.25, 0.3) is 0 Å². The number of carbonyl (C=O) groups excluding carboxylic acids is 1. The van der Waals surface area contributed by atoms with E-state index >= 15 is 0 Å². The molecule has 4 heteroatoms. The van der Waals surface area contributed by atoms with E-state index in [1.165, 1.54) is 0 Å². The molecule has 0 bridgehead atoms. The monoisotopic (exact) mass is 335 g/mol. The van der Waals surface area contributed by atoms with Crippen molar-refractivity contribution in [3.05, 3.63) is 35.9 Å². The molecule has 0 heterocycles. The van der Waals surface area contributed by atoms with Gasteiger partial charge in [0, 0.05) is 0 Å². The van der Waals surface area contributed by atoms with Crippen LogP contribution >= 0.6 is 0 Å². The Morgan fingerprint density at radius 2 is 1.57 bits per heavy atom. The van der Waals surface area contributed by atoms with E-state index in [0.29, 0.717) is 17.5 Å². The SMILES string of the molecule is CC(C)[Si](OC(=O)[C@@H](N)Cc1ccccc1)(C(C)C)C(C)(C)C. The van der Waals surface area contributed by atoms with Gasteiger partial charge in [-0.05, 0) is 28.1 Å². The van der Waals surface area contributed by atoms with Crippen LogP contribution < -0.4 is 5.73 Å². The zero-order valence-corrected chi connectivity index (χ0v) is 16.7. The second kappa shape index (κ2) is 7.62. The van der Waals surface area contributed by atoms with E-state index in [1.807, 2.05) is 30.3 Å². The number of carbonyl (C=O) groups is 1. The molecule has 0 aliphatic rings. The molecule has 0 aliphatic heterocycles. The van der Waals surface area contributed by atoms with Crippen molar-refractivity contribution in [2.45, 2.75) is 77.0 Å². The lowest BCUT2D eigenvalue weighted by atomic mass is 10.1. The molecule has 0 amide bonds. The first-order chi connectivity index (χ1) is 10.5. The van der Waals surface area contributed by atoms with E-state index in [-0.39, 0.29) is 11.0 Å². The molecular weight excluding hydrogens is 302 g/mol. The summed E-state index contributed by atoms with van der Waals surface area (Å²) in [6.45, 7) is 15.3. The van der Waals surface area contributed by atoms with Crippen molar-refractivity contribution >= 4 is 14.3 Å². The van der Waals surface area contributed by atoms with Gasteiger partial charge in [0.15, 0.2) is 0 Å². The number of hydrogen-bond acceptors (Lipinski definition) is 3. The molecule has 1 aromatic carbocycles. The largest absolute Gasteiger partial charge is 0.517 e. The standard InChI is InChI=1S/C19H33NO2Si/c1-14(2)23(15(3)4,19(5,6)7)22-18(21)17(20)13-16-11-9-8-10-12-16/h8-12,14-15,17H,13,20H2,1-7H3/t17-/m0/s1. The van der Waals surface area contributed by atoms with Crippen LogP contribution in [0.15, 0.2) is 30.3 Å². The number of rotatable bonds is 6. The zero-order chi connectivity index (χ0) is 17.8. The van der Waals surface area contributed by atoms with Crippen LogP contribution in [0.4, 0.5) is 0 Å². The molecule has 0 fully saturated rings. The smallest absolute Gasteiger partial charge is 0.310 e. The minimum atomic E-state index is -2.32. The maximum Gasteiger partial charge on any atom is 0.310 e. The molecule has 0 aromatic heterocycles. The summed E-state index contributed by atoms with van der Waals surface area (Å²) < 4.78 is 6.23. The molecule has 0 aliphatic carbocycles. The van der Waals surface area contributed by atoms with Gasteiger partial charge in [0.05, 0.1) is 0 Å². The van der Waals surface area contributed by atoms with Gasteiger partial charge in [0.2, 0.25) is 0 Å². The third-order valence-electron chi connectivity index (χ3n) is 4.76. The second-order valence-electron chi connectivity index (χ2n) is 8.07. The highest BCUT2D eigenvalue weighted by Gasteiger charge is 2.54. The molecule has 23 heavy (non-hydrogen) atoms. The molecule has 1 atom stereocenters. The summed E-state index contributed by atoms with van der Waals surface area (Å²) in [5.41, 5.74) is 7.90. The fourth-order valence-corrected chi connectivity index (χ4v) is 10.0. The van der Waals surface area contributed by atoms with Crippen LogP contribution in [-0.4, -0.2) is 20.3 Å². The van der Waals surface area contributed by atoms with Gasteiger partial charge in [-0.2, -0.15) is 0 Å². The fourth-order valence-electron chi connectivity index (χ4n) is 3.98. The Bertz CT molecular complexity index is 498. The van der Waals surface area contributed by atoms with Crippen molar-refractivity contribution in [3.8, 4) is 0 Å². The quantitative estimate of drug-likeness (QED) is 0.769. The predicted octanol–water partition coefficient (Wildman–Crippen LogP) is 4.67. The molecule has 0 radical (unpaired) electrons. The third-order valence-corrected chi connectivity index (χ3v) is 11.1. The van der Waals surface area contributed by atoms with Crippen molar-refractivity contribution in [2.75, 3.05) is 0 Å². The van der Waals surface area contributed by atoms with E-state index < -0.39 is 14.4 Å². The van der Waals surface area contributed by atoms with Gasteiger partial charge < -0.3 is 10.2 Å². The van der Waals surface area contributed by atoms with Crippen LogP contribution in [0.1, 0.15) is 54.0 Å². The normalized spacial score (nSPS) is 14.2. The maximum absolute atomic E-state index is 12.7. The van der Waals surface area contributed by atoms with Crippen molar-refractivity contribution in [1.82, 2.24) is 0 Å². The summed E-state index contributed by atoms with van der Waals surface area (Å²) in [6.07, 6.45) is 0.518. The lowest BCUT2D eigenvalue weighted by Crippen LogP contribution is -2.56. The lowest BCUT2D eigenvalue weighted by Gasteiger charge is -2.47. The van der Waals surface area contributed by atoms with Gasteiger partial charge in [0.1, 0.15) is 6.04 Å². The highest BCUT2D eigenvalue weighted by Crippen LogP contribution is 2.50. The summed E-state index contributed by atoms with van der Waals surface area (Å²) in [6, 6.07) is 9.26. The lowest BCUT2D eigenvalue weighted by molar-refractivity contribution is -0.137. The average molecular weight is 336 g/mol. The molecule has 3 nitrogen and oxygen atoms in total.